The van der Waals surface area contributed by atoms with Gasteiger partial charge in [0.1, 0.15) is 0 Å². The molecule has 0 saturated heterocycles. The highest BCUT2D eigenvalue weighted by Gasteiger charge is 2.13. The Balaban J connectivity index is 2.02. The highest BCUT2D eigenvalue weighted by atomic mass is 14.8. The van der Waals surface area contributed by atoms with E-state index in [-0.39, 0.29) is 0 Å². The van der Waals surface area contributed by atoms with Gasteiger partial charge >= 0.3 is 0 Å². The van der Waals surface area contributed by atoms with E-state index in [4.69, 9.17) is 9.97 Å². The minimum atomic E-state index is 0.929. The molecule has 0 spiro atoms. The second-order valence-electron chi connectivity index (χ2n) is 5.83. The van der Waals surface area contributed by atoms with Gasteiger partial charge in [-0.25, -0.2) is 9.97 Å². The molecule has 0 unspecified atom stereocenters. The highest BCUT2D eigenvalue weighted by Crippen LogP contribution is 2.30. The molecule has 0 aliphatic rings. The molecule has 0 atom stereocenters. The summed E-state index contributed by atoms with van der Waals surface area (Å²) in [6.45, 7) is 2.16. The monoisotopic (exact) mass is 310 g/mol. The Kier molecular flexibility index (Phi) is 3.80. The lowest BCUT2D eigenvalue weighted by Crippen LogP contribution is -1.96. The second kappa shape index (κ2) is 6.25. The van der Waals surface area contributed by atoms with Gasteiger partial charge < -0.3 is 0 Å². The molecular weight excluding hydrogens is 292 g/mol. The Bertz CT molecular complexity index is 977. The lowest BCUT2D eigenvalue weighted by atomic mass is 10.0. The first kappa shape index (κ1) is 14.6. The van der Waals surface area contributed by atoms with Crippen molar-refractivity contribution in [2.75, 3.05) is 0 Å². The molecule has 0 radical (unpaired) electrons. The first-order chi connectivity index (χ1) is 11.8. The van der Waals surface area contributed by atoms with Crippen LogP contribution in [0.4, 0.5) is 0 Å². The molecule has 0 bridgehead atoms. The van der Waals surface area contributed by atoms with Crippen molar-refractivity contribution in [2.45, 2.75) is 13.3 Å². The number of fused-ring (bicyclic) bond motifs is 1. The van der Waals surface area contributed by atoms with Crippen molar-refractivity contribution in [3.05, 3.63) is 84.4 Å². The third-order valence-corrected chi connectivity index (χ3v) is 4.23. The number of aromatic nitrogens is 2. The fraction of sp³-hybridized carbons (Fsp3) is 0.0909. The number of hydrogen-bond donors (Lipinski definition) is 0. The predicted octanol–water partition coefficient (Wildman–Crippen LogP) is 5.53. The summed E-state index contributed by atoms with van der Waals surface area (Å²) in [5, 5.41) is 0. The van der Waals surface area contributed by atoms with Crippen LogP contribution in [0.1, 0.15) is 12.5 Å². The molecule has 0 amide bonds. The van der Waals surface area contributed by atoms with Crippen molar-refractivity contribution in [3.8, 4) is 22.5 Å². The summed E-state index contributed by atoms with van der Waals surface area (Å²) in [6, 6.07) is 26.9. The Labute approximate surface area is 141 Å². The molecule has 2 nitrogen and oxygen atoms in total. The minimum absolute atomic E-state index is 0.929. The lowest BCUT2D eigenvalue weighted by Gasteiger charge is -2.11. The van der Waals surface area contributed by atoms with Gasteiger partial charge in [-0.15, -0.1) is 0 Å². The van der Waals surface area contributed by atoms with Crippen LogP contribution in [0.3, 0.4) is 0 Å². The maximum atomic E-state index is 4.97. The van der Waals surface area contributed by atoms with Crippen LogP contribution in [0.5, 0.6) is 0 Å². The van der Waals surface area contributed by atoms with Crippen molar-refractivity contribution in [3.63, 3.8) is 0 Å². The van der Waals surface area contributed by atoms with Crippen molar-refractivity contribution < 1.29 is 0 Å². The molecule has 4 rings (SSSR count). The standard InChI is InChI=1S/C22H18N2/c1-2-16-13-14-19-20(15-16)24-22(18-11-7-4-8-12-18)21(23-19)17-9-5-3-6-10-17/h3-15H,2H2,1H3. The van der Waals surface area contributed by atoms with Gasteiger partial charge in [0.2, 0.25) is 0 Å². The van der Waals surface area contributed by atoms with Gasteiger partial charge in [-0.05, 0) is 24.1 Å². The van der Waals surface area contributed by atoms with Crippen LogP contribution in [0, 0.1) is 0 Å². The quantitative estimate of drug-likeness (QED) is 0.497. The third-order valence-electron chi connectivity index (χ3n) is 4.23. The largest absolute Gasteiger partial charge is 0.244 e. The van der Waals surface area contributed by atoms with Crippen LogP contribution >= 0.6 is 0 Å². The second-order valence-corrected chi connectivity index (χ2v) is 5.83. The Hall–Kier alpha value is -3.00. The summed E-state index contributed by atoms with van der Waals surface area (Å²) < 4.78 is 0. The SMILES string of the molecule is CCc1ccc2nc(-c3ccccc3)c(-c3ccccc3)nc2c1. The predicted molar refractivity (Wildman–Crippen MR) is 99.8 cm³/mol. The van der Waals surface area contributed by atoms with Crippen molar-refractivity contribution in [1.29, 1.82) is 0 Å². The van der Waals surface area contributed by atoms with Crippen LogP contribution in [-0.2, 0) is 6.42 Å². The first-order valence-electron chi connectivity index (χ1n) is 8.26. The summed E-state index contributed by atoms with van der Waals surface area (Å²) in [6.07, 6.45) is 0.999. The molecule has 0 aliphatic heterocycles. The van der Waals surface area contributed by atoms with E-state index >= 15 is 0 Å². The lowest BCUT2D eigenvalue weighted by molar-refractivity contribution is 1.14. The molecular formula is C22H18N2. The molecule has 24 heavy (non-hydrogen) atoms. The van der Waals surface area contributed by atoms with Crippen molar-refractivity contribution in [2.24, 2.45) is 0 Å². The number of benzene rings is 3. The third kappa shape index (κ3) is 2.67. The number of nitrogens with zero attached hydrogens (tertiary/aromatic N) is 2. The van der Waals surface area contributed by atoms with E-state index in [0.29, 0.717) is 0 Å². The molecule has 0 saturated carbocycles. The van der Waals surface area contributed by atoms with E-state index in [1.165, 1.54) is 5.56 Å². The minimum Gasteiger partial charge on any atom is -0.244 e. The molecule has 0 fully saturated rings. The van der Waals surface area contributed by atoms with Gasteiger partial charge in [-0.2, -0.15) is 0 Å². The normalized spacial score (nSPS) is 10.9. The van der Waals surface area contributed by atoms with Gasteiger partial charge in [0, 0.05) is 11.1 Å². The Morgan fingerprint density at radius 3 is 1.71 bits per heavy atom. The Morgan fingerprint density at radius 1 is 0.625 bits per heavy atom. The van der Waals surface area contributed by atoms with Crippen molar-refractivity contribution in [1.82, 2.24) is 9.97 Å². The van der Waals surface area contributed by atoms with Gasteiger partial charge in [0.05, 0.1) is 22.4 Å². The van der Waals surface area contributed by atoms with E-state index in [1.807, 2.05) is 36.4 Å². The summed E-state index contributed by atoms with van der Waals surface area (Å²) in [5.74, 6) is 0. The summed E-state index contributed by atoms with van der Waals surface area (Å²) in [4.78, 5) is 9.90. The van der Waals surface area contributed by atoms with E-state index in [2.05, 4.69) is 49.4 Å². The number of hydrogen-bond acceptors (Lipinski definition) is 2. The van der Waals surface area contributed by atoms with Crippen LogP contribution < -0.4 is 0 Å². The van der Waals surface area contributed by atoms with Gasteiger partial charge in [0.15, 0.2) is 0 Å². The maximum Gasteiger partial charge on any atom is 0.0973 e. The Morgan fingerprint density at radius 2 is 1.17 bits per heavy atom. The summed E-state index contributed by atoms with van der Waals surface area (Å²) >= 11 is 0. The molecule has 0 aliphatic carbocycles. The molecule has 4 aromatic rings. The maximum absolute atomic E-state index is 4.97. The number of rotatable bonds is 3. The van der Waals surface area contributed by atoms with Crippen LogP contribution in [-0.4, -0.2) is 9.97 Å². The van der Waals surface area contributed by atoms with Crippen LogP contribution in [0.25, 0.3) is 33.5 Å². The average Bonchev–Trinajstić information content (AvgIpc) is 2.68. The fourth-order valence-electron chi connectivity index (χ4n) is 2.91. The summed E-state index contributed by atoms with van der Waals surface area (Å²) in [7, 11) is 0. The molecule has 1 heterocycles. The fourth-order valence-corrected chi connectivity index (χ4v) is 2.91. The smallest absolute Gasteiger partial charge is 0.0973 e. The summed E-state index contributed by atoms with van der Waals surface area (Å²) in [5.41, 5.74) is 7.21. The molecule has 1 aromatic heterocycles. The zero-order chi connectivity index (χ0) is 16.4. The first-order valence-corrected chi connectivity index (χ1v) is 8.26. The van der Waals surface area contributed by atoms with E-state index < -0.39 is 0 Å². The van der Waals surface area contributed by atoms with Crippen LogP contribution in [0.2, 0.25) is 0 Å². The van der Waals surface area contributed by atoms with E-state index in [0.717, 1.165) is 40.0 Å². The van der Waals surface area contributed by atoms with Crippen LogP contribution in [0.15, 0.2) is 78.9 Å². The van der Waals surface area contributed by atoms with Gasteiger partial charge in [-0.1, -0.05) is 73.7 Å². The zero-order valence-electron chi connectivity index (χ0n) is 13.6. The van der Waals surface area contributed by atoms with Gasteiger partial charge in [0.25, 0.3) is 0 Å². The molecule has 0 N–H and O–H groups in total. The molecule has 116 valence electrons. The highest BCUT2D eigenvalue weighted by molar-refractivity contribution is 5.86. The van der Waals surface area contributed by atoms with Gasteiger partial charge in [-0.3, -0.25) is 0 Å². The molecule has 2 heteroatoms. The number of aryl methyl sites for hydroxylation is 1. The molecule has 3 aromatic carbocycles. The topological polar surface area (TPSA) is 25.8 Å². The van der Waals surface area contributed by atoms with E-state index in [9.17, 15) is 0 Å². The average molecular weight is 310 g/mol. The van der Waals surface area contributed by atoms with Crippen molar-refractivity contribution >= 4 is 11.0 Å². The zero-order valence-corrected chi connectivity index (χ0v) is 13.6. The van der Waals surface area contributed by atoms with E-state index in [1.54, 1.807) is 0 Å².